The summed E-state index contributed by atoms with van der Waals surface area (Å²) in [7, 11) is 0. The number of nitrogens with zero attached hydrogens (tertiary/aromatic N) is 6. The summed E-state index contributed by atoms with van der Waals surface area (Å²) in [5, 5.41) is 30.7. The van der Waals surface area contributed by atoms with Gasteiger partial charge in [-0.2, -0.15) is 0 Å². The Labute approximate surface area is 795 Å². The average Bonchev–Trinajstić information content (AvgIpc) is 1.55. The highest BCUT2D eigenvalue weighted by Gasteiger charge is 2.38. The summed E-state index contributed by atoms with van der Waals surface area (Å²) in [6.45, 7) is 9.49. The summed E-state index contributed by atoms with van der Waals surface area (Å²) in [4.78, 5) is 0. The first-order valence-electron chi connectivity index (χ1n) is 48.2. The molecule has 6 heterocycles. The van der Waals surface area contributed by atoms with Gasteiger partial charge in [0.25, 0.3) is 0 Å². The van der Waals surface area contributed by atoms with Gasteiger partial charge in [-0.25, -0.2) is 0 Å². The molecule has 0 bridgehead atoms. The van der Waals surface area contributed by atoms with E-state index in [1.54, 1.807) is 0 Å². The van der Waals surface area contributed by atoms with Gasteiger partial charge in [-0.1, -0.05) is 331 Å². The fourth-order valence-corrected chi connectivity index (χ4v) is 24.7. The maximum Gasteiger partial charge on any atom is 0.0562 e. The van der Waals surface area contributed by atoms with E-state index in [0.717, 1.165) is 0 Å². The van der Waals surface area contributed by atoms with E-state index >= 15 is 0 Å². The third-order valence-corrected chi connectivity index (χ3v) is 31.0. The molecule has 6 aromatic heterocycles. The first-order valence-corrected chi connectivity index (χ1v) is 48.2. The number of hydrogen-bond acceptors (Lipinski definition) is 0. The molecule has 0 saturated heterocycles. The van der Waals surface area contributed by atoms with Gasteiger partial charge in [0.1, 0.15) is 0 Å². The van der Waals surface area contributed by atoms with Crippen LogP contribution in [0.5, 0.6) is 0 Å². The van der Waals surface area contributed by atoms with E-state index in [-0.39, 0.29) is 10.8 Å². The molecule has 0 fully saturated rings. The minimum absolute atomic E-state index is 0.0608. The van der Waals surface area contributed by atoms with E-state index in [1.807, 2.05) is 0 Å². The molecule has 31 rings (SSSR count). The Hall–Kier alpha value is -17.6. The molecule has 2 aliphatic carbocycles. The number of para-hydroxylation sites is 6. The van der Waals surface area contributed by atoms with Crippen molar-refractivity contribution in [2.75, 3.05) is 0 Å². The second-order valence-corrected chi connectivity index (χ2v) is 39.0. The lowest BCUT2D eigenvalue weighted by atomic mass is 9.81. The van der Waals surface area contributed by atoms with Crippen LogP contribution in [0.1, 0.15) is 49.9 Å². The minimum Gasteiger partial charge on any atom is -0.309 e. The SMILES string of the molecule is CC1(C)c2cc(-n3c4ccccc4c4cc5c6c7ccccc7ccc6n(-c6ccccc6)c5cc43)ccc2-c2cc3ccccc3cc21.CC1(C)c2ccccc2-c2ccc(-n3c4ccccc4c4cc5c6c7ccccc7ccc6n(-c6ccccc6)c5cc43)cc21.c1ccc(-n2c3cc4c(cc3c3c5ccccc5ccc32)c2ccccc2n4-c2ccc3c(ccc4ccccc43)c2)cc1. The number of benzene rings is 23. The maximum atomic E-state index is 2.49. The van der Waals surface area contributed by atoms with Crippen LogP contribution in [-0.2, 0) is 10.8 Å². The first-order chi connectivity index (χ1) is 68.0. The van der Waals surface area contributed by atoms with Crippen molar-refractivity contribution in [3.05, 3.63) is 483 Å². The molecular formula is C132H88N6. The Morgan fingerprint density at radius 3 is 0.848 bits per heavy atom. The molecule has 0 N–H and O–H groups in total. The molecule has 138 heavy (non-hydrogen) atoms. The third kappa shape index (κ3) is 11.3. The molecule has 29 aromatic rings. The third-order valence-electron chi connectivity index (χ3n) is 31.0. The van der Waals surface area contributed by atoms with Crippen molar-refractivity contribution in [1.82, 2.24) is 27.4 Å². The van der Waals surface area contributed by atoms with Crippen LogP contribution in [0.4, 0.5) is 0 Å². The number of aromatic nitrogens is 6. The van der Waals surface area contributed by atoms with Crippen molar-refractivity contribution in [1.29, 1.82) is 0 Å². The first kappa shape index (κ1) is 78.0. The predicted molar refractivity (Wildman–Crippen MR) is 586 cm³/mol. The van der Waals surface area contributed by atoms with Crippen molar-refractivity contribution in [3.8, 4) is 56.4 Å². The minimum atomic E-state index is -0.114. The van der Waals surface area contributed by atoms with Gasteiger partial charge in [-0.15, -0.1) is 0 Å². The molecule has 0 radical (unpaired) electrons. The molecule has 0 spiro atoms. The molecule has 23 aromatic carbocycles. The molecule has 2 aliphatic rings. The van der Waals surface area contributed by atoms with E-state index < -0.39 is 0 Å². The summed E-state index contributed by atoms with van der Waals surface area (Å²) < 4.78 is 14.8. The van der Waals surface area contributed by atoms with Crippen LogP contribution in [0, 0.1) is 0 Å². The molecule has 0 unspecified atom stereocenters. The van der Waals surface area contributed by atoms with Crippen LogP contribution < -0.4 is 0 Å². The lowest BCUT2D eigenvalue weighted by molar-refractivity contribution is 0.660. The van der Waals surface area contributed by atoms with Gasteiger partial charge < -0.3 is 27.4 Å². The van der Waals surface area contributed by atoms with Crippen LogP contribution >= 0.6 is 0 Å². The van der Waals surface area contributed by atoms with E-state index in [2.05, 4.69) is 516 Å². The van der Waals surface area contributed by atoms with E-state index in [1.165, 1.54) is 274 Å². The van der Waals surface area contributed by atoms with Gasteiger partial charge in [-0.3, -0.25) is 0 Å². The zero-order valence-electron chi connectivity index (χ0n) is 76.6. The highest BCUT2D eigenvalue weighted by atomic mass is 15.0. The average molecular weight is 1760 g/mol. The van der Waals surface area contributed by atoms with Crippen LogP contribution in [0.15, 0.2) is 461 Å². The standard InChI is InChI=1S/C47H32N2.C43H30N2.C42H26N2/c1-47(2)40-25-31-14-7-6-13-30(31)24-37(40)35-22-21-33(26-41(35)47)49-42-19-11-10-18-36(42)38-27-39-45(28-44(38)49)48(32-15-4-3-5-16-32)43-23-20-29-12-8-9-17-34(29)46(39)43;1-43(2)36-18-10-8-16-31(36)32-22-21-29(24-37(32)43)45-38-19-11-9-17-33(38)34-25-35-41(26-40(34)45)44(28-13-4-3-5-14-28)39-23-20-27-12-6-7-15-30(27)42(35)39;1-2-12-30(13-3-1)43-39-23-20-28-11-5-7-15-34(28)42(39)37-25-36-35-16-8-9-17-38(35)44(40(36)26-41(37)43)31-21-22-33-29(24-31)19-18-27-10-4-6-14-32(27)33/h3-28H,1-2H3;3-26H,1-2H3;1-26H. The van der Waals surface area contributed by atoms with Crippen LogP contribution in [0.2, 0.25) is 0 Å². The summed E-state index contributed by atoms with van der Waals surface area (Å²) in [6, 6.07) is 170. The molecular weight excluding hydrogens is 1670 g/mol. The largest absolute Gasteiger partial charge is 0.309 e. The van der Waals surface area contributed by atoms with Gasteiger partial charge >= 0.3 is 0 Å². The monoisotopic (exact) mass is 1760 g/mol. The van der Waals surface area contributed by atoms with Crippen LogP contribution in [-0.4, -0.2) is 27.4 Å². The van der Waals surface area contributed by atoms with Crippen molar-refractivity contribution in [3.63, 3.8) is 0 Å². The van der Waals surface area contributed by atoms with E-state index in [9.17, 15) is 0 Å². The van der Waals surface area contributed by atoms with Crippen LogP contribution in [0.25, 0.3) is 252 Å². The van der Waals surface area contributed by atoms with Gasteiger partial charge in [0.2, 0.25) is 0 Å². The lowest BCUT2D eigenvalue weighted by Crippen LogP contribution is -2.15. The Morgan fingerprint density at radius 1 is 0.130 bits per heavy atom. The van der Waals surface area contributed by atoms with Gasteiger partial charge in [0.15, 0.2) is 0 Å². The fourth-order valence-electron chi connectivity index (χ4n) is 24.7. The second-order valence-electron chi connectivity index (χ2n) is 39.0. The Kier molecular flexibility index (Phi) is 16.6. The Bertz CT molecular complexity index is 10300. The molecule has 646 valence electrons. The molecule has 0 amide bonds. The summed E-state index contributed by atoms with van der Waals surface area (Å²) >= 11 is 0. The zero-order valence-corrected chi connectivity index (χ0v) is 76.6. The molecule has 0 atom stereocenters. The molecule has 6 nitrogen and oxygen atoms in total. The molecule has 0 saturated carbocycles. The number of hydrogen-bond donors (Lipinski definition) is 0. The van der Waals surface area contributed by atoms with Gasteiger partial charge in [0, 0.05) is 110 Å². The van der Waals surface area contributed by atoms with Crippen molar-refractivity contribution in [2.45, 2.75) is 38.5 Å². The maximum absolute atomic E-state index is 2.49. The predicted octanol–water partition coefficient (Wildman–Crippen LogP) is 35.2. The Balaban J connectivity index is 0.000000100. The molecule has 0 aliphatic heterocycles. The fraction of sp³-hybridized carbons (Fsp3) is 0.0455. The van der Waals surface area contributed by atoms with Crippen molar-refractivity contribution < 1.29 is 0 Å². The van der Waals surface area contributed by atoms with E-state index in [4.69, 9.17) is 0 Å². The van der Waals surface area contributed by atoms with Gasteiger partial charge in [0.05, 0.1) is 66.2 Å². The zero-order chi connectivity index (χ0) is 91.1. The van der Waals surface area contributed by atoms with Crippen LogP contribution in [0.3, 0.4) is 0 Å². The number of rotatable bonds is 6. The normalized spacial score (nSPS) is 13.2. The topological polar surface area (TPSA) is 29.6 Å². The highest BCUT2D eigenvalue weighted by Crippen LogP contribution is 2.55. The smallest absolute Gasteiger partial charge is 0.0562 e. The van der Waals surface area contributed by atoms with Gasteiger partial charge in [-0.05, 0) is 267 Å². The summed E-state index contributed by atoms with van der Waals surface area (Å²) in [5.41, 5.74) is 32.6. The van der Waals surface area contributed by atoms with Crippen molar-refractivity contribution in [2.24, 2.45) is 0 Å². The second kappa shape index (κ2) is 29.5. The van der Waals surface area contributed by atoms with Crippen molar-refractivity contribution >= 4 is 195 Å². The molecule has 6 heteroatoms. The summed E-state index contributed by atoms with van der Waals surface area (Å²) in [6.07, 6.45) is 0. The number of fused-ring (bicyclic) bond motifs is 34. The lowest BCUT2D eigenvalue weighted by Gasteiger charge is -2.22. The van der Waals surface area contributed by atoms with E-state index in [0.29, 0.717) is 0 Å². The summed E-state index contributed by atoms with van der Waals surface area (Å²) in [5.74, 6) is 0. The highest BCUT2D eigenvalue weighted by molar-refractivity contribution is 6.29. The Morgan fingerprint density at radius 2 is 0.413 bits per heavy atom. The quantitative estimate of drug-likeness (QED) is 0.149.